The normalized spacial score (nSPS) is 19.6. The van der Waals surface area contributed by atoms with Gasteiger partial charge in [0.1, 0.15) is 0 Å². The summed E-state index contributed by atoms with van der Waals surface area (Å²) >= 11 is 0. The van der Waals surface area contributed by atoms with E-state index < -0.39 is 16.9 Å². The maximum atomic E-state index is 10.8. The van der Waals surface area contributed by atoms with Crippen molar-refractivity contribution in [2.24, 2.45) is 5.92 Å². The second kappa shape index (κ2) is 8.17. The van der Waals surface area contributed by atoms with Crippen molar-refractivity contribution in [1.82, 2.24) is 5.32 Å². The van der Waals surface area contributed by atoms with E-state index in [-0.39, 0.29) is 0 Å². The molecular weight excluding hydrogens is 226 g/mol. The molecule has 5 heteroatoms. The lowest BCUT2D eigenvalue weighted by molar-refractivity contribution is 0.0327. The highest BCUT2D eigenvalue weighted by Gasteiger charge is 2.21. The van der Waals surface area contributed by atoms with Crippen LogP contribution in [0.4, 0.5) is 0 Å². The van der Waals surface area contributed by atoms with Crippen LogP contribution in [0.3, 0.4) is 0 Å². The third-order valence-corrected chi connectivity index (χ3v) is 3.39. The van der Waals surface area contributed by atoms with Crippen LogP contribution >= 0.6 is 0 Å². The molecule has 2 atom stereocenters. The quantitative estimate of drug-likeness (QED) is 0.540. The van der Waals surface area contributed by atoms with Crippen LogP contribution in [0.1, 0.15) is 19.3 Å². The Balaban J connectivity index is 1.81. The first-order chi connectivity index (χ1) is 7.68. The average Bonchev–Trinajstić information content (AvgIpc) is 3.00. The van der Waals surface area contributed by atoms with E-state index in [1.165, 1.54) is 12.8 Å². The van der Waals surface area contributed by atoms with E-state index in [2.05, 4.69) is 5.32 Å². The Kier molecular flexibility index (Phi) is 7.20. The van der Waals surface area contributed by atoms with Gasteiger partial charge in [0.2, 0.25) is 0 Å². The molecule has 0 heterocycles. The van der Waals surface area contributed by atoms with Crippen LogP contribution < -0.4 is 5.32 Å². The second-order valence-electron chi connectivity index (χ2n) is 4.47. The SMILES string of the molecule is CS(=O)CCCNCC(O)COCC1CC1. The topological polar surface area (TPSA) is 58.6 Å². The molecule has 0 aromatic rings. The molecule has 0 amide bonds. The lowest BCUT2D eigenvalue weighted by atomic mass is 10.3. The lowest BCUT2D eigenvalue weighted by Gasteiger charge is -2.11. The van der Waals surface area contributed by atoms with Crippen molar-refractivity contribution in [3.63, 3.8) is 0 Å². The van der Waals surface area contributed by atoms with Gasteiger partial charge in [-0.25, -0.2) is 0 Å². The predicted molar refractivity (Wildman–Crippen MR) is 66.0 cm³/mol. The van der Waals surface area contributed by atoms with Crippen molar-refractivity contribution in [3.8, 4) is 0 Å². The Hall–Kier alpha value is 0.0300. The molecule has 1 rings (SSSR count). The Bertz CT molecular complexity index is 209. The summed E-state index contributed by atoms with van der Waals surface area (Å²) in [5.41, 5.74) is 0. The van der Waals surface area contributed by atoms with E-state index in [1.807, 2.05) is 0 Å². The summed E-state index contributed by atoms with van der Waals surface area (Å²) in [7, 11) is -0.710. The van der Waals surface area contributed by atoms with E-state index in [4.69, 9.17) is 4.74 Å². The first kappa shape index (κ1) is 14.1. The maximum absolute atomic E-state index is 10.8. The van der Waals surface area contributed by atoms with Gasteiger partial charge in [-0.05, 0) is 31.7 Å². The number of hydrogen-bond acceptors (Lipinski definition) is 4. The van der Waals surface area contributed by atoms with Crippen LogP contribution in [0.2, 0.25) is 0 Å². The molecule has 1 saturated carbocycles. The zero-order chi connectivity index (χ0) is 11.8. The Morgan fingerprint density at radius 1 is 1.56 bits per heavy atom. The molecule has 16 heavy (non-hydrogen) atoms. The van der Waals surface area contributed by atoms with Crippen LogP contribution in [0.5, 0.6) is 0 Å². The Morgan fingerprint density at radius 2 is 2.31 bits per heavy atom. The van der Waals surface area contributed by atoms with Crippen molar-refractivity contribution in [2.45, 2.75) is 25.4 Å². The van der Waals surface area contributed by atoms with Crippen LogP contribution in [-0.2, 0) is 15.5 Å². The monoisotopic (exact) mass is 249 g/mol. The van der Waals surface area contributed by atoms with Crippen LogP contribution in [0, 0.1) is 5.92 Å². The van der Waals surface area contributed by atoms with E-state index in [0.29, 0.717) is 13.2 Å². The smallest absolute Gasteiger partial charge is 0.0897 e. The van der Waals surface area contributed by atoms with E-state index in [0.717, 1.165) is 31.2 Å². The van der Waals surface area contributed by atoms with Gasteiger partial charge in [-0.2, -0.15) is 0 Å². The van der Waals surface area contributed by atoms with Crippen molar-refractivity contribution >= 4 is 10.8 Å². The third-order valence-electron chi connectivity index (χ3n) is 2.53. The maximum Gasteiger partial charge on any atom is 0.0897 e. The molecule has 2 N–H and O–H groups in total. The number of aliphatic hydroxyl groups excluding tert-OH is 1. The van der Waals surface area contributed by atoms with Gasteiger partial charge in [-0.3, -0.25) is 4.21 Å². The zero-order valence-electron chi connectivity index (χ0n) is 9.98. The first-order valence-electron chi connectivity index (χ1n) is 5.95. The Labute approximate surface area is 100 Å². The largest absolute Gasteiger partial charge is 0.389 e. The molecule has 0 saturated heterocycles. The summed E-state index contributed by atoms with van der Waals surface area (Å²) < 4.78 is 16.1. The number of ether oxygens (including phenoxy) is 1. The molecule has 0 radical (unpaired) electrons. The van der Waals surface area contributed by atoms with Crippen molar-refractivity contribution in [2.75, 3.05) is 38.3 Å². The van der Waals surface area contributed by atoms with Gasteiger partial charge in [0.25, 0.3) is 0 Å². The molecule has 0 aromatic heterocycles. The first-order valence-corrected chi connectivity index (χ1v) is 7.67. The van der Waals surface area contributed by atoms with Gasteiger partial charge in [0, 0.05) is 36.0 Å². The third kappa shape index (κ3) is 8.21. The highest BCUT2D eigenvalue weighted by Crippen LogP contribution is 2.28. The molecule has 96 valence electrons. The summed E-state index contributed by atoms with van der Waals surface area (Å²) in [5, 5.41) is 12.7. The fourth-order valence-electron chi connectivity index (χ4n) is 1.38. The highest BCUT2D eigenvalue weighted by molar-refractivity contribution is 7.84. The molecule has 0 aromatic carbocycles. The highest BCUT2D eigenvalue weighted by atomic mass is 32.2. The summed E-state index contributed by atoms with van der Waals surface area (Å²) in [4.78, 5) is 0. The van der Waals surface area contributed by atoms with Crippen LogP contribution in [0.15, 0.2) is 0 Å². The zero-order valence-corrected chi connectivity index (χ0v) is 10.8. The van der Waals surface area contributed by atoms with Gasteiger partial charge in [0.05, 0.1) is 12.7 Å². The van der Waals surface area contributed by atoms with Crippen LogP contribution in [0.25, 0.3) is 0 Å². The minimum absolute atomic E-state index is 0.420. The molecular formula is C11H23NO3S. The van der Waals surface area contributed by atoms with E-state index in [1.54, 1.807) is 6.26 Å². The average molecular weight is 249 g/mol. The number of aliphatic hydroxyl groups is 1. The van der Waals surface area contributed by atoms with E-state index >= 15 is 0 Å². The summed E-state index contributed by atoms with van der Waals surface area (Å²) in [6.45, 7) is 2.58. The molecule has 0 aliphatic heterocycles. The molecule has 1 fully saturated rings. The van der Waals surface area contributed by atoms with Gasteiger partial charge < -0.3 is 15.2 Å². The Morgan fingerprint density at radius 3 is 2.94 bits per heavy atom. The molecule has 4 nitrogen and oxygen atoms in total. The van der Waals surface area contributed by atoms with Gasteiger partial charge in [-0.15, -0.1) is 0 Å². The van der Waals surface area contributed by atoms with Gasteiger partial charge in [-0.1, -0.05) is 0 Å². The van der Waals surface area contributed by atoms with Crippen LogP contribution in [-0.4, -0.2) is 53.7 Å². The van der Waals surface area contributed by atoms with Crippen molar-refractivity contribution in [3.05, 3.63) is 0 Å². The van der Waals surface area contributed by atoms with Crippen molar-refractivity contribution < 1.29 is 14.1 Å². The molecule has 1 aliphatic carbocycles. The summed E-state index contributed by atoms with van der Waals surface area (Å²) in [5.74, 6) is 1.47. The summed E-state index contributed by atoms with van der Waals surface area (Å²) in [6, 6.07) is 0. The summed E-state index contributed by atoms with van der Waals surface area (Å²) in [6.07, 6.45) is 4.73. The number of rotatable bonds is 10. The lowest BCUT2D eigenvalue weighted by Crippen LogP contribution is -2.31. The second-order valence-corrected chi connectivity index (χ2v) is 6.02. The molecule has 0 bridgehead atoms. The van der Waals surface area contributed by atoms with E-state index in [9.17, 15) is 9.32 Å². The number of nitrogens with one attached hydrogen (secondary N) is 1. The van der Waals surface area contributed by atoms with Gasteiger partial charge in [0.15, 0.2) is 0 Å². The fourth-order valence-corrected chi connectivity index (χ4v) is 1.93. The predicted octanol–water partition coefficient (Wildman–Crippen LogP) is 0.132. The molecule has 1 aliphatic rings. The molecule has 2 unspecified atom stereocenters. The van der Waals surface area contributed by atoms with Gasteiger partial charge >= 0.3 is 0 Å². The number of hydrogen-bond donors (Lipinski definition) is 2. The minimum atomic E-state index is -0.710. The standard InChI is InChI=1S/C11H23NO3S/c1-16(14)6-2-5-12-7-11(13)9-15-8-10-3-4-10/h10-13H,2-9H2,1H3. The fraction of sp³-hybridized carbons (Fsp3) is 1.00. The van der Waals surface area contributed by atoms with Crippen molar-refractivity contribution in [1.29, 1.82) is 0 Å². The molecule has 0 spiro atoms. The minimum Gasteiger partial charge on any atom is -0.389 e.